The third-order valence-corrected chi connectivity index (χ3v) is 7.41. The highest BCUT2D eigenvalue weighted by Crippen LogP contribution is 2.31. The number of thiophene rings is 1. The van der Waals surface area contributed by atoms with Crippen LogP contribution in [0.5, 0.6) is 0 Å². The number of amides is 1. The second-order valence-electron chi connectivity index (χ2n) is 6.76. The van der Waals surface area contributed by atoms with Crippen molar-refractivity contribution in [3.05, 3.63) is 73.2 Å². The van der Waals surface area contributed by atoms with Crippen molar-refractivity contribution in [1.29, 1.82) is 0 Å². The van der Waals surface area contributed by atoms with Gasteiger partial charge in [0.2, 0.25) is 5.91 Å². The zero-order chi connectivity index (χ0) is 22.1. The van der Waals surface area contributed by atoms with Gasteiger partial charge in [-0.1, -0.05) is 41.0 Å². The fraction of sp³-hybridized carbons (Fsp3) is 0.190. The molecule has 0 aliphatic carbocycles. The number of benzene rings is 1. The van der Waals surface area contributed by atoms with E-state index in [1.807, 2.05) is 13.8 Å². The lowest BCUT2D eigenvalue weighted by Gasteiger charge is -2.12. The summed E-state index contributed by atoms with van der Waals surface area (Å²) in [5, 5.41) is 4.47. The number of carbonyl (C=O) groups is 1. The Morgan fingerprint density at radius 2 is 1.97 bits per heavy atom. The predicted octanol–water partition coefficient (Wildman–Crippen LogP) is 5.75. The number of aromatic nitrogens is 2. The Morgan fingerprint density at radius 1 is 1.23 bits per heavy atom. The molecule has 0 atom stereocenters. The van der Waals surface area contributed by atoms with Gasteiger partial charge in [0.05, 0.1) is 39.7 Å². The molecular weight excluding hydrogens is 477 g/mol. The monoisotopic (exact) mass is 493 g/mol. The number of nitrogens with zero attached hydrogens (tertiary/aromatic N) is 2. The van der Waals surface area contributed by atoms with Crippen molar-refractivity contribution in [3.8, 4) is 0 Å². The molecule has 3 heterocycles. The molecule has 0 radical (unpaired) electrons. The van der Waals surface area contributed by atoms with E-state index in [0.717, 1.165) is 10.4 Å². The van der Waals surface area contributed by atoms with E-state index in [4.69, 9.17) is 27.6 Å². The molecule has 1 N–H and O–H groups in total. The third kappa shape index (κ3) is 4.52. The molecule has 0 fully saturated rings. The van der Waals surface area contributed by atoms with Gasteiger partial charge in [0.25, 0.3) is 5.56 Å². The van der Waals surface area contributed by atoms with E-state index in [-0.39, 0.29) is 23.8 Å². The van der Waals surface area contributed by atoms with Crippen LogP contribution in [0.4, 0.5) is 5.69 Å². The summed E-state index contributed by atoms with van der Waals surface area (Å²) in [6.07, 6.45) is 1.56. The van der Waals surface area contributed by atoms with E-state index < -0.39 is 0 Å². The fourth-order valence-electron chi connectivity index (χ4n) is 3.04. The van der Waals surface area contributed by atoms with Crippen molar-refractivity contribution >= 4 is 68.1 Å². The lowest BCUT2D eigenvalue weighted by atomic mass is 10.2. The molecule has 0 aliphatic heterocycles. The lowest BCUT2D eigenvalue weighted by molar-refractivity contribution is -0.113. The average Bonchev–Trinajstić information content (AvgIpc) is 3.34. The number of hydrogen-bond acceptors (Lipinski definition) is 6. The minimum Gasteiger partial charge on any atom is -0.467 e. The zero-order valence-electron chi connectivity index (χ0n) is 16.6. The number of rotatable bonds is 6. The van der Waals surface area contributed by atoms with Crippen LogP contribution >= 0.6 is 46.3 Å². The molecule has 31 heavy (non-hydrogen) atoms. The number of fused-ring (bicyclic) bond motifs is 1. The molecule has 1 aromatic carbocycles. The Labute approximate surface area is 196 Å². The van der Waals surface area contributed by atoms with E-state index in [1.54, 1.807) is 41.2 Å². The summed E-state index contributed by atoms with van der Waals surface area (Å²) in [4.78, 5) is 32.2. The molecule has 3 aromatic heterocycles. The largest absolute Gasteiger partial charge is 0.467 e. The van der Waals surface area contributed by atoms with Crippen molar-refractivity contribution in [2.45, 2.75) is 25.5 Å². The van der Waals surface area contributed by atoms with Gasteiger partial charge in [-0.15, -0.1) is 11.3 Å². The van der Waals surface area contributed by atoms with Crippen LogP contribution in [-0.4, -0.2) is 21.2 Å². The van der Waals surface area contributed by atoms with E-state index in [0.29, 0.717) is 36.9 Å². The van der Waals surface area contributed by atoms with Gasteiger partial charge in [0, 0.05) is 4.88 Å². The second kappa shape index (κ2) is 9.08. The standard InChI is InChI=1S/C21H17Cl2N3O3S2/c1-11-12(2)31-19-17(11)20(28)26(9-13-5-4-8-29-13)21(25-19)30-10-16(27)24-18-14(22)6-3-7-15(18)23/h3-8H,9-10H2,1-2H3,(H,24,27). The van der Waals surface area contributed by atoms with Crippen molar-refractivity contribution in [1.82, 2.24) is 9.55 Å². The average molecular weight is 494 g/mol. The smallest absolute Gasteiger partial charge is 0.263 e. The number of anilines is 1. The van der Waals surface area contributed by atoms with Crippen LogP contribution in [0.2, 0.25) is 10.0 Å². The maximum Gasteiger partial charge on any atom is 0.263 e. The van der Waals surface area contributed by atoms with Gasteiger partial charge in [0.15, 0.2) is 5.16 Å². The highest BCUT2D eigenvalue weighted by Gasteiger charge is 2.19. The number of aryl methyl sites for hydroxylation is 2. The first-order valence-corrected chi connectivity index (χ1v) is 11.8. The third-order valence-electron chi connectivity index (χ3n) is 4.71. The number of thioether (sulfide) groups is 1. The number of nitrogens with one attached hydrogen (secondary N) is 1. The number of para-hydroxylation sites is 1. The number of halogens is 2. The molecule has 0 aliphatic rings. The van der Waals surface area contributed by atoms with Crippen LogP contribution < -0.4 is 10.9 Å². The minimum absolute atomic E-state index is 0.0288. The summed E-state index contributed by atoms with van der Waals surface area (Å²) in [6.45, 7) is 4.11. The van der Waals surface area contributed by atoms with Crippen molar-refractivity contribution in [2.75, 3.05) is 11.1 Å². The van der Waals surface area contributed by atoms with Crippen LogP contribution in [0.25, 0.3) is 10.2 Å². The van der Waals surface area contributed by atoms with Crippen LogP contribution in [-0.2, 0) is 11.3 Å². The Morgan fingerprint density at radius 3 is 2.65 bits per heavy atom. The molecule has 0 saturated heterocycles. The lowest BCUT2D eigenvalue weighted by Crippen LogP contribution is -2.24. The molecule has 6 nitrogen and oxygen atoms in total. The van der Waals surface area contributed by atoms with Crippen LogP contribution in [0.15, 0.2) is 51.0 Å². The van der Waals surface area contributed by atoms with Gasteiger partial charge >= 0.3 is 0 Å². The van der Waals surface area contributed by atoms with E-state index in [1.165, 1.54) is 23.1 Å². The predicted molar refractivity (Wildman–Crippen MR) is 127 cm³/mol. The van der Waals surface area contributed by atoms with Gasteiger partial charge < -0.3 is 9.73 Å². The van der Waals surface area contributed by atoms with Crippen molar-refractivity contribution in [2.24, 2.45) is 0 Å². The first-order valence-electron chi connectivity index (χ1n) is 9.24. The maximum absolute atomic E-state index is 13.3. The zero-order valence-corrected chi connectivity index (χ0v) is 19.7. The maximum atomic E-state index is 13.3. The fourth-order valence-corrected chi connectivity index (χ4v) is 5.40. The molecular formula is C21H17Cl2N3O3S2. The Bertz CT molecular complexity index is 1310. The number of furan rings is 1. The topological polar surface area (TPSA) is 77.1 Å². The number of carbonyl (C=O) groups excluding carboxylic acids is 1. The first kappa shape index (κ1) is 22.0. The summed E-state index contributed by atoms with van der Waals surface area (Å²) < 4.78 is 6.97. The molecule has 1 amide bonds. The molecule has 10 heteroatoms. The van der Waals surface area contributed by atoms with Gasteiger partial charge in [-0.05, 0) is 43.7 Å². The minimum atomic E-state index is -0.308. The Kier molecular flexibility index (Phi) is 6.43. The normalized spacial score (nSPS) is 11.2. The van der Waals surface area contributed by atoms with Crippen LogP contribution in [0.1, 0.15) is 16.2 Å². The summed E-state index contributed by atoms with van der Waals surface area (Å²) in [6, 6.07) is 8.55. The summed E-state index contributed by atoms with van der Waals surface area (Å²) >= 11 is 14.9. The Balaban J connectivity index is 1.64. The van der Waals surface area contributed by atoms with E-state index >= 15 is 0 Å². The van der Waals surface area contributed by atoms with Gasteiger partial charge in [-0.3, -0.25) is 14.2 Å². The van der Waals surface area contributed by atoms with E-state index in [2.05, 4.69) is 10.3 Å². The van der Waals surface area contributed by atoms with Crippen molar-refractivity contribution < 1.29 is 9.21 Å². The summed E-state index contributed by atoms with van der Waals surface area (Å²) in [7, 11) is 0. The number of hydrogen-bond donors (Lipinski definition) is 1. The van der Waals surface area contributed by atoms with Gasteiger partial charge in [-0.2, -0.15) is 0 Å². The quantitative estimate of drug-likeness (QED) is 0.273. The molecule has 0 saturated carbocycles. The molecule has 4 aromatic rings. The molecule has 0 unspecified atom stereocenters. The summed E-state index contributed by atoms with van der Waals surface area (Å²) in [5.41, 5.74) is 1.13. The second-order valence-corrected chi connectivity index (χ2v) is 9.72. The Hall–Kier alpha value is -2.26. The van der Waals surface area contributed by atoms with Crippen LogP contribution in [0.3, 0.4) is 0 Å². The van der Waals surface area contributed by atoms with Crippen molar-refractivity contribution in [3.63, 3.8) is 0 Å². The summed E-state index contributed by atoms with van der Waals surface area (Å²) in [5.74, 6) is 0.348. The van der Waals surface area contributed by atoms with Gasteiger partial charge in [0.1, 0.15) is 10.6 Å². The molecule has 0 bridgehead atoms. The van der Waals surface area contributed by atoms with Gasteiger partial charge in [-0.25, -0.2) is 4.98 Å². The SMILES string of the molecule is Cc1sc2nc(SCC(=O)Nc3c(Cl)cccc3Cl)n(Cc3ccco3)c(=O)c2c1C. The first-order chi connectivity index (χ1) is 14.8. The highest BCUT2D eigenvalue weighted by atomic mass is 35.5. The molecule has 4 rings (SSSR count). The van der Waals surface area contributed by atoms with Crippen LogP contribution in [0, 0.1) is 13.8 Å². The highest BCUT2D eigenvalue weighted by molar-refractivity contribution is 7.99. The molecule has 0 spiro atoms. The molecule has 160 valence electrons. The van der Waals surface area contributed by atoms with E-state index in [9.17, 15) is 9.59 Å².